The summed E-state index contributed by atoms with van der Waals surface area (Å²) in [6, 6.07) is 0. The second kappa shape index (κ2) is 113. The third-order valence-electron chi connectivity index (χ3n) is 16.7. The molecule has 0 radical (unpaired) electrons. The van der Waals surface area contributed by atoms with Gasteiger partial charge in [-0.25, -0.2) is 9.59 Å². The van der Waals surface area contributed by atoms with Crippen molar-refractivity contribution in [2.24, 2.45) is 10.2 Å². The summed E-state index contributed by atoms with van der Waals surface area (Å²) in [5.41, 5.74) is 16.3. The summed E-state index contributed by atoms with van der Waals surface area (Å²) in [5.74, 6) is -3.47. The molecule has 0 aliphatic carbocycles. The molecule has 4 amide bonds. The molecule has 0 aromatic carbocycles. The Labute approximate surface area is 810 Å². The fraction of sp³-hybridized carbons (Fsp3) is 0.930. The molecule has 138 heavy (non-hydrogen) atoms. The zero-order valence-electron chi connectivity index (χ0n) is 81.1. The standard InChI is InChI=1S/C55H104N4O28.C31H56N4O16/c56-58-57-4-6-64-8-10-66-12-14-68-16-18-70-20-22-72-24-26-74-28-30-76-32-34-78-36-38-80-40-42-82-44-46-84-48-50-86-52-51-85-49-47-83-45-43-81-41-39-79-37-35-77-33-31-75-29-27-73-25-23-71-21-19-69-17-15-67-13-11-65-9-7-63-5-3-55(62)87-59-53(60)1-2-54(59)61;32-34-33-4-6-40-8-10-42-12-14-44-16-18-46-20-22-48-24-26-50-28-27-49-25-23-47-21-19-45-17-15-43-13-11-41-9-7-39-5-3-31(38)51-35-29(36)1-2-30(35)37/h1-52H2;1-28H2. The Balaban J connectivity index is 0.00000158. The number of rotatable bonds is 116. The van der Waals surface area contributed by atoms with Crippen LogP contribution >= 0.6 is 0 Å². The van der Waals surface area contributed by atoms with E-state index in [-0.39, 0.29) is 65.0 Å². The third kappa shape index (κ3) is 102. The summed E-state index contributed by atoms with van der Waals surface area (Å²) in [4.78, 5) is 83.8. The van der Waals surface area contributed by atoms with Gasteiger partial charge in [-0.2, -0.15) is 0 Å². The molecule has 0 unspecified atom stereocenters. The summed E-state index contributed by atoms with van der Waals surface area (Å²) in [7, 11) is 0. The number of hydrogen-bond donors (Lipinski definition) is 0. The zero-order valence-corrected chi connectivity index (χ0v) is 81.1. The van der Waals surface area contributed by atoms with E-state index in [1.807, 2.05) is 0 Å². The summed E-state index contributed by atoms with van der Waals surface area (Å²) >= 11 is 0. The number of carbonyl (C=O) groups is 6. The van der Waals surface area contributed by atoms with Gasteiger partial charge in [0.05, 0.1) is 489 Å². The van der Waals surface area contributed by atoms with Crippen LogP contribution in [0.15, 0.2) is 10.2 Å². The van der Waals surface area contributed by atoms with Gasteiger partial charge in [-0.15, -0.1) is 10.1 Å². The van der Waals surface area contributed by atoms with Gasteiger partial charge in [0.1, 0.15) is 0 Å². The van der Waals surface area contributed by atoms with Crippen molar-refractivity contribution in [2.75, 3.05) is 489 Å². The van der Waals surface area contributed by atoms with Gasteiger partial charge >= 0.3 is 11.9 Å². The molecule has 0 aromatic rings. The first-order valence-corrected chi connectivity index (χ1v) is 47.2. The van der Waals surface area contributed by atoms with Crippen LogP contribution < -0.4 is 0 Å². The van der Waals surface area contributed by atoms with E-state index in [0.29, 0.717) is 472 Å². The number of carbonyl (C=O) groups excluding carboxylic acids is 6. The maximum atomic E-state index is 11.7. The van der Waals surface area contributed by atoms with Gasteiger partial charge in [-0.05, 0) is 11.1 Å². The Morgan fingerprint density at radius 1 is 0.174 bits per heavy atom. The van der Waals surface area contributed by atoms with Gasteiger partial charge in [-0.1, -0.05) is 10.2 Å². The van der Waals surface area contributed by atoms with Crippen LogP contribution in [0, 0.1) is 0 Å². The second-order valence-electron chi connectivity index (χ2n) is 27.5. The molecule has 0 N–H and O–H groups in total. The first-order valence-electron chi connectivity index (χ1n) is 47.2. The maximum absolute atomic E-state index is 11.7. The summed E-state index contributed by atoms with van der Waals surface area (Å²) < 4.78 is 196. The first kappa shape index (κ1) is 130. The normalized spacial score (nSPS) is 12.7. The Kier molecular flexibility index (Phi) is 107. The van der Waals surface area contributed by atoms with Crippen LogP contribution in [0.1, 0.15) is 38.5 Å². The van der Waals surface area contributed by atoms with E-state index >= 15 is 0 Å². The Bertz CT molecular complexity index is 2710. The highest BCUT2D eigenvalue weighted by molar-refractivity contribution is 6.02. The number of hydroxylamine groups is 4. The number of hydrogen-bond acceptors (Lipinski definition) is 46. The number of nitrogens with zero attached hydrogens (tertiary/aromatic N) is 8. The minimum atomic E-state index is -0.706. The summed E-state index contributed by atoms with van der Waals surface area (Å²) in [6.07, 6.45) is 0.0548. The van der Waals surface area contributed by atoms with Crippen molar-refractivity contribution in [1.29, 1.82) is 0 Å². The van der Waals surface area contributed by atoms with Gasteiger partial charge in [0, 0.05) is 48.6 Å². The molecular formula is C86H160N8O44. The predicted molar refractivity (Wildman–Crippen MR) is 481 cm³/mol. The molecule has 2 rings (SSSR count). The second-order valence-corrected chi connectivity index (χ2v) is 27.5. The fourth-order valence-electron chi connectivity index (χ4n) is 9.90. The van der Waals surface area contributed by atoms with E-state index in [2.05, 4.69) is 20.1 Å². The monoisotopic (exact) mass is 2010 g/mol. The van der Waals surface area contributed by atoms with Gasteiger partial charge in [0.15, 0.2) is 0 Å². The van der Waals surface area contributed by atoms with Crippen molar-refractivity contribution in [3.63, 3.8) is 0 Å². The molecule has 0 spiro atoms. The first-order chi connectivity index (χ1) is 68.3. The molecule has 2 aliphatic rings. The van der Waals surface area contributed by atoms with Crippen molar-refractivity contribution >= 4 is 35.6 Å². The van der Waals surface area contributed by atoms with E-state index in [1.165, 1.54) is 0 Å². The Morgan fingerprint density at radius 2 is 0.268 bits per heavy atom. The predicted octanol–water partition coefficient (Wildman–Crippen LogP) is 1.19. The molecular weight excluding hydrogens is 1850 g/mol. The smallest absolute Gasteiger partial charge is 0.335 e. The molecule has 52 nitrogen and oxygen atoms in total. The minimum Gasteiger partial charge on any atom is -0.379 e. The molecule has 2 heterocycles. The number of azide groups is 2. The van der Waals surface area contributed by atoms with Crippen LogP contribution in [-0.4, -0.2) is 534 Å². The molecule has 0 atom stereocenters. The fourth-order valence-corrected chi connectivity index (χ4v) is 9.90. The van der Waals surface area contributed by atoms with Crippen molar-refractivity contribution in [2.45, 2.75) is 38.5 Å². The average molecular weight is 2010 g/mol. The molecule has 808 valence electrons. The highest BCUT2D eigenvalue weighted by Crippen LogP contribution is 2.14. The molecule has 2 aliphatic heterocycles. The van der Waals surface area contributed by atoms with Crippen molar-refractivity contribution < 1.29 is 209 Å². The van der Waals surface area contributed by atoms with Crippen molar-refractivity contribution in [3.05, 3.63) is 20.9 Å². The third-order valence-corrected chi connectivity index (χ3v) is 16.7. The Hall–Kier alpha value is -5.60. The van der Waals surface area contributed by atoms with Crippen LogP contribution in [0.2, 0.25) is 0 Å². The van der Waals surface area contributed by atoms with Crippen molar-refractivity contribution in [3.8, 4) is 0 Å². The van der Waals surface area contributed by atoms with E-state index in [4.69, 9.17) is 191 Å². The maximum Gasteiger partial charge on any atom is 0.335 e. The molecule has 0 saturated carbocycles. The van der Waals surface area contributed by atoms with Crippen LogP contribution in [-0.2, 0) is 209 Å². The lowest BCUT2D eigenvalue weighted by Crippen LogP contribution is -2.32. The lowest BCUT2D eigenvalue weighted by atomic mass is 10.4. The van der Waals surface area contributed by atoms with Gasteiger partial charge < -0.3 is 180 Å². The van der Waals surface area contributed by atoms with Gasteiger partial charge in [-0.3, -0.25) is 19.2 Å². The number of ether oxygens (including phenoxy) is 36. The van der Waals surface area contributed by atoms with E-state index in [9.17, 15) is 28.8 Å². The quantitative estimate of drug-likeness (QED) is 0.0271. The van der Waals surface area contributed by atoms with E-state index < -0.39 is 35.6 Å². The lowest BCUT2D eigenvalue weighted by Gasteiger charge is -2.12. The van der Waals surface area contributed by atoms with Crippen LogP contribution in [0.5, 0.6) is 0 Å². The van der Waals surface area contributed by atoms with Gasteiger partial charge in [0.25, 0.3) is 23.6 Å². The molecule has 0 bridgehead atoms. The molecule has 2 fully saturated rings. The van der Waals surface area contributed by atoms with Crippen LogP contribution in [0.3, 0.4) is 0 Å². The van der Waals surface area contributed by atoms with E-state index in [1.54, 1.807) is 0 Å². The zero-order chi connectivity index (χ0) is 98.9. The molecule has 52 heteroatoms. The van der Waals surface area contributed by atoms with Gasteiger partial charge in [0.2, 0.25) is 0 Å². The average Bonchev–Trinajstić information content (AvgIpc) is 1.73. The largest absolute Gasteiger partial charge is 0.379 e. The number of imide groups is 2. The topological polar surface area (TPSA) is 557 Å². The lowest BCUT2D eigenvalue weighted by molar-refractivity contribution is -0.198. The number of amides is 4. The SMILES string of the molecule is [N-]=[N+]=NCCOCCOCCOCCOCCOCCOCCOCCOCCOCCOCCOCCOCCC(=O)ON1C(=O)CCC1=O.[N-]=[N+]=NCCOCCOCCOCCOCCOCCOCCOCCOCCOCCOCCOCCOCCOCCOCCOCCOCCOCCOCCOCCOCCOCCOCCOCCOCCC(=O)ON1C(=O)CCC1=O. The highest BCUT2D eigenvalue weighted by Gasteiger charge is 2.34. The summed E-state index contributed by atoms with van der Waals surface area (Å²) in [5, 5.41) is 7.78. The van der Waals surface area contributed by atoms with E-state index in [0.717, 1.165) is 0 Å². The Morgan fingerprint density at radius 3 is 0.370 bits per heavy atom. The van der Waals surface area contributed by atoms with Crippen LogP contribution in [0.4, 0.5) is 0 Å². The summed E-state index contributed by atoms with van der Waals surface area (Å²) in [6.45, 7) is 32.4. The minimum absolute atomic E-state index is 0.0515. The van der Waals surface area contributed by atoms with Crippen LogP contribution in [0.25, 0.3) is 20.9 Å². The highest BCUT2D eigenvalue weighted by atomic mass is 16.7. The van der Waals surface area contributed by atoms with Crippen molar-refractivity contribution in [1.82, 2.24) is 10.1 Å². The molecule has 2 saturated heterocycles. The molecule has 0 aromatic heterocycles.